The lowest BCUT2D eigenvalue weighted by molar-refractivity contribution is -0.124. The number of methoxy groups -OCH3 is 1. The Hall–Kier alpha value is -2.61. The quantitative estimate of drug-likeness (QED) is 0.715. The summed E-state index contributed by atoms with van der Waals surface area (Å²) in [6.07, 6.45) is 0.658. The molecule has 0 spiro atoms. The van der Waals surface area contributed by atoms with Crippen LogP contribution in [0.15, 0.2) is 18.2 Å². The third-order valence-corrected chi connectivity index (χ3v) is 4.32. The largest absolute Gasteiger partial charge is 0.375 e. The number of carbonyl (C=O) groups excluding carboxylic acids is 3. The molecule has 1 aromatic rings. The number of carbonyl (C=O) groups is 3. The van der Waals surface area contributed by atoms with Crippen molar-refractivity contribution in [1.82, 2.24) is 10.2 Å². The van der Waals surface area contributed by atoms with Gasteiger partial charge in [0.1, 0.15) is 6.61 Å². The van der Waals surface area contributed by atoms with Crippen LogP contribution in [0.4, 0.5) is 16.2 Å². The van der Waals surface area contributed by atoms with E-state index in [1.165, 1.54) is 7.11 Å². The molecule has 8 heteroatoms. The molecular formula is C18H26N4O4. The van der Waals surface area contributed by atoms with Crippen LogP contribution in [-0.2, 0) is 14.3 Å². The van der Waals surface area contributed by atoms with Crippen molar-refractivity contribution in [2.45, 2.75) is 20.3 Å². The highest BCUT2D eigenvalue weighted by molar-refractivity contribution is 5.96. The maximum Gasteiger partial charge on any atom is 0.321 e. The molecule has 1 heterocycles. The second kappa shape index (κ2) is 9.19. The molecule has 2 rings (SSSR count). The minimum Gasteiger partial charge on any atom is -0.375 e. The second-order valence-corrected chi connectivity index (χ2v) is 6.22. The van der Waals surface area contributed by atoms with Gasteiger partial charge >= 0.3 is 6.03 Å². The van der Waals surface area contributed by atoms with Gasteiger partial charge in [0.15, 0.2) is 0 Å². The molecule has 4 amide bonds. The Morgan fingerprint density at radius 2 is 1.92 bits per heavy atom. The van der Waals surface area contributed by atoms with Gasteiger partial charge in [-0.3, -0.25) is 9.59 Å². The highest BCUT2D eigenvalue weighted by atomic mass is 16.5. The van der Waals surface area contributed by atoms with Gasteiger partial charge in [0.05, 0.1) is 5.92 Å². The van der Waals surface area contributed by atoms with E-state index in [9.17, 15) is 14.4 Å². The smallest absolute Gasteiger partial charge is 0.321 e. The molecule has 1 aliphatic rings. The van der Waals surface area contributed by atoms with Crippen molar-refractivity contribution >= 4 is 29.2 Å². The van der Waals surface area contributed by atoms with Crippen molar-refractivity contribution in [3.63, 3.8) is 0 Å². The Balaban J connectivity index is 1.99. The lowest BCUT2D eigenvalue weighted by Crippen LogP contribution is -2.36. The summed E-state index contributed by atoms with van der Waals surface area (Å²) >= 11 is 0. The molecule has 0 saturated carbocycles. The van der Waals surface area contributed by atoms with Crippen LogP contribution >= 0.6 is 0 Å². The van der Waals surface area contributed by atoms with Crippen LogP contribution in [0.2, 0.25) is 0 Å². The predicted octanol–water partition coefficient (Wildman–Crippen LogP) is 1.57. The molecular weight excluding hydrogens is 336 g/mol. The van der Waals surface area contributed by atoms with Crippen molar-refractivity contribution in [2.24, 2.45) is 5.92 Å². The van der Waals surface area contributed by atoms with Gasteiger partial charge in [0.25, 0.3) is 0 Å². The minimum atomic E-state index is -0.261. The van der Waals surface area contributed by atoms with E-state index in [0.717, 1.165) is 5.56 Å². The number of hydrogen-bond acceptors (Lipinski definition) is 4. The van der Waals surface area contributed by atoms with Gasteiger partial charge in [-0.2, -0.15) is 0 Å². The normalized spacial score (nSPS) is 16.3. The fraction of sp³-hybridized carbons (Fsp3) is 0.500. The number of nitrogens with zero attached hydrogens (tertiary/aromatic N) is 1. The summed E-state index contributed by atoms with van der Waals surface area (Å²) in [7, 11) is 1.45. The van der Waals surface area contributed by atoms with Gasteiger partial charge in [-0.05, 0) is 38.0 Å². The number of benzene rings is 1. The topological polar surface area (TPSA) is 99.8 Å². The second-order valence-electron chi connectivity index (χ2n) is 6.22. The average molecular weight is 362 g/mol. The van der Waals surface area contributed by atoms with Crippen LogP contribution in [0.1, 0.15) is 18.9 Å². The molecule has 1 fully saturated rings. The van der Waals surface area contributed by atoms with Crippen LogP contribution in [0.3, 0.4) is 0 Å². The molecule has 3 N–H and O–H groups in total. The molecule has 1 aromatic carbocycles. The van der Waals surface area contributed by atoms with E-state index in [4.69, 9.17) is 4.74 Å². The fourth-order valence-corrected chi connectivity index (χ4v) is 2.90. The molecule has 8 nitrogen and oxygen atoms in total. The molecule has 1 atom stereocenters. The fourth-order valence-electron chi connectivity index (χ4n) is 2.90. The summed E-state index contributed by atoms with van der Waals surface area (Å²) in [5.41, 5.74) is 1.99. The molecule has 142 valence electrons. The summed E-state index contributed by atoms with van der Waals surface area (Å²) in [5.74, 6) is -0.438. The first kappa shape index (κ1) is 19.7. The Morgan fingerprint density at radius 3 is 2.58 bits per heavy atom. The maximum absolute atomic E-state index is 12.5. The van der Waals surface area contributed by atoms with Gasteiger partial charge in [0.2, 0.25) is 11.8 Å². The molecule has 1 saturated heterocycles. The molecule has 0 radical (unpaired) electrons. The van der Waals surface area contributed by atoms with E-state index < -0.39 is 0 Å². The Bertz CT molecular complexity index is 677. The van der Waals surface area contributed by atoms with Crippen LogP contribution in [0.25, 0.3) is 0 Å². The van der Waals surface area contributed by atoms with Crippen LogP contribution in [0.5, 0.6) is 0 Å². The number of anilines is 2. The van der Waals surface area contributed by atoms with Gasteiger partial charge in [0, 0.05) is 38.1 Å². The number of rotatable bonds is 6. The third kappa shape index (κ3) is 4.95. The van der Waals surface area contributed by atoms with Gasteiger partial charge in [-0.15, -0.1) is 0 Å². The first-order valence-corrected chi connectivity index (χ1v) is 8.68. The highest BCUT2D eigenvalue weighted by Gasteiger charge is 2.30. The van der Waals surface area contributed by atoms with Crippen LogP contribution in [0, 0.1) is 12.8 Å². The number of ether oxygens (including phenoxy) is 1. The maximum atomic E-state index is 12.5. The summed E-state index contributed by atoms with van der Waals surface area (Å²) in [4.78, 5) is 37.7. The van der Waals surface area contributed by atoms with E-state index in [1.54, 1.807) is 23.1 Å². The van der Waals surface area contributed by atoms with Crippen molar-refractivity contribution in [2.75, 3.05) is 44.0 Å². The van der Waals surface area contributed by atoms with Gasteiger partial charge < -0.3 is 25.6 Å². The van der Waals surface area contributed by atoms with E-state index in [1.807, 2.05) is 13.8 Å². The lowest BCUT2D eigenvalue weighted by Gasteiger charge is -2.19. The molecule has 26 heavy (non-hydrogen) atoms. The first-order valence-electron chi connectivity index (χ1n) is 8.68. The number of urea groups is 1. The van der Waals surface area contributed by atoms with Crippen LogP contribution < -0.4 is 16.0 Å². The summed E-state index contributed by atoms with van der Waals surface area (Å²) in [6.45, 7) is 5.18. The number of likely N-dealkylation sites (tertiary alicyclic amines) is 1. The van der Waals surface area contributed by atoms with E-state index in [0.29, 0.717) is 37.4 Å². The van der Waals surface area contributed by atoms with E-state index in [2.05, 4.69) is 16.0 Å². The van der Waals surface area contributed by atoms with Crippen molar-refractivity contribution in [3.05, 3.63) is 23.8 Å². The SMILES string of the molecule is CCNC(=O)C1CCN(C(=O)Nc2cccc(NC(=O)COC)c2C)C1. The van der Waals surface area contributed by atoms with Gasteiger partial charge in [-0.1, -0.05) is 6.07 Å². The molecule has 1 aliphatic heterocycles. The summed E-state index contributed by atoms with van der Waals surface area (Å²) < 4.78 is 4.80. The molecule has 0 aliphatic carbocycles. The van der Waals surface area contributed by atoms with Crippen molar-refractivity contribution in [3.8, 4) is 0 Å². The zero-order chi connectivity index (χ0) is 19.1. The van der Waals surface area contributed by atoms with Gasteiger partial charge in [-0.25, -0.2) is 4.79 Å². The average Bonchev–Trinajstić information content (AvgIpc) is 3.09. The van der Waals surface area contributed by atoms with Crippen molar-refractivity contribution in [1.29, 1.82) is 0 Å². The lowest BCUT2D eigenvalue weighted by atomic mass is 10.1. The van der Waals surface area contributed by atoms with E-state index in [-0.39, 0.29) is 30.4 Å². The van der Waals surface area contributed by atoms with E-state index >= 15 is 0 Å². The summed E-state index contributed by atoms with van der Waals surface area (Å²) in [6, 6.07) is 5.04. The number of hydrogen-bond donors (Lipinski definition) is 3. The standard InChI is InChI=1S/C18H26N4O4/c1-4-19-17(24)13-8-9-22(10-13)18(25)21-15-7-5-6-14(12(15)2)20-16(23)11-26-3/h5-7,13H,4,8-11H2,1-3H3,(H,19,24)(H,20,23)(H,21,25). The summed E-state index contributed by atoms with van der Waals surface area (Å²) in [5, 5.41) is 8.40. The molecule has 0 aromatic heterocycles. The number of amides is 4. The zero-order valence-corrected chi connectivity index (χ0v) is 15.4. The Kier molecular flexibility index (Phi) is 6.97. The van der Waals surface area contributed by atoms with Crippen molar-refractivity contribution < 1.29 is 19.1 Å². The number of nitrogens with one attached hydrogen (secondary N) is 3. The predicted molar refractivity (Wildman–Crippen MR) is 99.1 cm³/mol. The Labute approximate surface area is 153 Å². The van der Waals surface area contributed by atoms with Crippen LogP contribution in [-0.4, -0.2) is 56.1 Å². The highest BCUT2D eigenvalue weighted by Crippen LogP contribution is 2.25. The first-order chi connectivity index (χ1) is 12.5. The molecule has 0 bridgehead atoms. The Morgan fingerprint density at radius 1 is 1.23 bits per heavy atom. The monoisotopic (exact) mass is 362 g/mol. The minimum absolute atomic E-state index is 0.0122. The molecule has 1 unspecified atom stereocenters. The zero-order valence-electron chi connectivity index (χ0n) is 15.4. The third-order valence-electron chi connectivity index (χ3n) is 4.32.